The quantitative estimate of drug-likeness (QED) is 0.560. The van der Waals surface area contributed by atoms with Crippen molar-refractivity contribution in [3.63, 3.8) is 0 Å². The van der Waals surface area contributed by atoms with E-state index in [0.29, 0.717) is 32.5 Å². The average molecular weight is 457 g/mol. The zero-order valence-corrected chi connectivity index (χ0v) is 18.6. The summed E-state index contributed by atoms with van der Waals surface area (Å²) in [6.45, 7) is 1.19. The summed E-state index contributed by atoms with van der Waals surface area (Å²) in [5.41, 5.74) is 1.98. The molecule has 1 aliphatic rings. The Kier molecular flexibility index (Phi) is 6.70. The van der Waals surface area contributed by atoms with Crippen LogP contribution in [0, 0.1) is 0 Å². The topological polar surface area (TPSA) is 75.7 Å². The van der Waals surface area contributed by atoms with E-state index in [1.54, 1.807) is 17.5 Å². The van der Waals surface area contributed by atoms with E-state index in [0.717, 1.165) is 16.9 Å². The minimum Gasteiger partial charge on any atom is -0.489 e. The normalized spacial score (nSPS) is 16.8. The highest BCUT2D eigenvalue weighted by Crippen LogP contribution is 2.28. The summed E-state index contributed by atoms with van der Waals surface area (Å²) in [6, 6.07) is 20.1. The molecular formula is C23H24N2O4S2. The molecule has 2 aromatic carbocycles. The van der Waals surface area contributed by atoms with Gasteiger partial charge in [0.05, 0.1) is 0 Å². The lowest BCUT2D eigenvalue weighted by molar-refractivity contribution is -0.124. The number of rotatable bonds is 8. The fourth-order valence-electron chi connectivity index (χ4n) is 3.56. The number of benzene rings is 2. The van der Waals surface area contributed by atoms with Crippen LogP contribution >= 0.6 is 11.3 Å². The second-order valence-corrected chi connectivity index (χ2v) is 10.4. The van der Waals surface area contributed by atoms with Crippen LogP contribution in [0.5, 0.6) is 5.75 Å². The van der Waals surface area contributed by atoms with Gasteiger partial charge in [0.25, 0.3) is 10.0 Å². The molecule has 4 rings (SSSR count). The molecule has 1 saturated heterocycles. The average Bonchev–Trinajstić information content (AvgIpc) is 3.50. The predicted octanol–water partition coefficient (Wildman–Crippen LogP) is 3.80. The van der Waals surface area contributed by atoms with Crippen LogP contribution in [0.3, 0.4) is 0 Å². The van der Waals surface area contributed by atoms with Crippen LogP contribution in [0.15, 0.2) is 76.3 Å². The van der Waals surface area contributed by atoms with E-state index >= 15 is 0 Å². The Bertz CT molecular complexity index is 1100. The molecule has 0 saturated carbocycles. The van der Waals surface area contributed by atoms with E-state index in [1.165, 1.54) is 15.6 Å². The van der Waals surface area contributed by atoms with Gasteiger partial charge < -0.3 is 10.1 Å². The number of para-hydroxylation sites is 1. The SMILES string of the molecule is O=C(NCc1ccc(COc2ccccc2)cc1)[C@@H]1CCCN1S(=O)(=O)c1cccs1. The molecule has 2 heterocycles. The van der Waals surface area contributed by atoms with Crippen LogP contribution in [-0.4, -0.2) is 31.2 Å². The van der Waals surface area contributed by atoms with Crippen molar-refractivity contribution in [2.24, 2.45) is 0 Å². The monoisotopic (exact) mass is 456 g/mol. The van der Waals surface area contributed by atoms with E-state index in [4.69, 9.17) is 4.74 Å². The van der Waals surface area contributed by atoms with Crippen molar-refractivity contribution in [3.05, 3.63) is 83.2 Å². The number of carbonyl (C=O) groups is 1. The Morgan fingerprint density at radius 3 is 2.48 bits per heavy atom. The van der Waals surface area contributed by atoms with Crippen molar-refractivity contribution in [1.29, 1.82) is 0 Å². The Morgan fingerprint density at radius 1 is 1.03 bits per heavy atom. The van der Waals surface area contributed by atoms with E-state index < -0.39 is 16.1 Å². The Balaban J connectivity index is 1.32. The van der Waals surface area contributed by atoms with Crippen LogP contribution in [-0.2, 0) is 28.0 Å². The van der Waals surface area contributed by atoms with Crippen molar-refractivity contribution in [1.82, 2.24) is 9.62 Å². The summed E-state index contributed by atoms with van der Waals surface area (Å²) in [4.78, 5) is 12.7. The Hall–Kier alpha value is -2.68. The Labute approximate surface area is 186 Å². The number of sulfonamides is 1. The first-order valence-corrected chi connectivity index (χ1v) is 12.4. The smallest absolute Gasteiger partial charge is 0.253 e. The molecule has 0 radical (unpaired) electrons. The molecule has 1 aliphatic heterocycles. The first-order valence-electron chi connectivity index (χ1n) is 10.1. The van der Waals surface area contributed by atoms with Crippen molar-refractivity contribution >= 4 is 27.3 Å². The van der Waals surface area contributed by atoms with E-state index in [2.05, 4.69) is 5.32 Å². The van der Waals surface area contributed by atoms with Gasteiger partial charge in [-0.05, 0) is 47.5 Å². The number of nitrogens with zero attached hydrogens (tertiary/aromatic N) is 1. The zero-order valence-electron chi connectivity index (χ0n) is 16.9. The molecule has 0 aliphatic carbocycles. The lowest BCUT2D eigenvalue weighted by Gasteiger charge is -2.22. The third kappa shape index (κ3) is 5.15. The first-order chi connectivity index (χ1) is 15.0. The fourth-order valence-corrected chi connectivity index (χ4v) is 6.34. The van der Waals surface area contributed by atoms with Crippen molar-refractivity contribution in [2.75, 3.05) is 6.54 Å². The molecule has 31 heavy (non-hydrogen) atoms. The standard InChI is InChI=1S/C23H24N2O4S2/c26-23(21-8-4-14-25(21)31(27,28)22-9-5-15-30-22)24-16-18-10-12-19(13-11-18)17-29-20-6-2-1-3-7-20/h1-3,5-7,9-13,15,21H,4,8,14,16-17H2,(H,24,26)/t21-/m0/s1. The maximum absolute atomic E-state index is 12.8. The molecule has 6 nitrogen and oxygen atoms in total. The van der Waals surface area contributed by atoms with Gasteiger partial charge in [0.15, 0.2) is 0 Å². The molecule has 8 heteroatoms. The second kappa shape index (κ2) is 9.64. The molecule has 1 N–H and O–H groups in total. The van der Waals surface area contributed by atoms with Crippen molar-refractivity contribution < 1.29 is 17.9 Å². The van der Waals surface area contributed by atoms with Gasteiger partial charge in [-0.3, -0.25) is 4.79 Å². The molecule has 1 atom stereocenters. The van der Waals surface area contributed by atoms with Gasteiger partial charge in [-0.25, -0.2) is 8.42 Å². The van der Waals surface area contributed by atoms with Gasteiger partial charge in [-0.1, -0.05) is 48.5 Å². The predicted molar refractivity (Wildman–Crippen MR) is 120 cm³/mol. The number of thiophene rings is 1. The number of nitrogens with one attached hydrogen (secondary N) is 1. The molecule has 1 aromatic heterocycles. The lowest BCUT2D eigenvalue weighted by atomic mass is 10.1. The molecule has 0 spiro atoms. The van der Waals surface area contributed by atoms with Gasteiger partial charge in [0.2, 0.25) is 5.91 Å². The molecule has 1 amide bonds. The summed E-state index contributed by atoms with van der Waals surface area (Å²) >= 11 is 1.17. The highest BCUT2D eigenvalue weighted by atomic mass is 32.2. The van der Waals surface area contributed by atoms with E-state index in [1.807, 2.05) is 54.6 Å². The number of carbonyl (C=O) groups excluding carboxylic acids is 1. The maximum atomic E-state index is 12.8. The van der Waals surface area contributed by atoms with Gasteiger partial charge in [-0.2, -0.15) is 4.31 Å². The summed E-state index contributed by atoms with van der Waals surface area (Å²) in [7, 11) is -3.63. The summed E-state index contributed by atoms with van der Waals surface area (Å²) in [5.74, 6) is 0.562. The number of ether oxygens (including phenoxy) is 1. The van der Waals surface area contributed by atoms with Crippen molar-refractivity contribution in [2.45, 2.75) is 36.2 Å². The number of hydrogen-bond acceptors (Lipinski definition) is 5. The van der Waals surface area contributed by atoms with Crippen LogP contribution in [0.25, 0.3) is 0 Å². The molecule has 162 valence electrons. The summed E-state index contributed by atoms with van der Waals surface area (Å²) in [5, 5.41) is 4.62. The zero-order chi connectivity index (χ0) is 21.7. The highest BCUT2D eigenvalue weighted by molar-refractivity contribution is 7.91. The van der Waals surface area contributed by atoms with Gasteiger partial charge in [0, 0.05) is 13.1 Å². The van der Waals surface area contributed by atoms with Gasteiger partial charge in [0.1, 0.15) is 22.6 Å². The number of hydrogen-bond donors (Lipinski definition) is 1. The van der Waals surface area contributed by atoms with Crippen LogP contribution < -0.4 is 10.1 Å². The van der Waals surface area contributed by atoms with Crippen molar-refractivity contribution in [3.8, 4) is 5.75 Å². The minimum absolute atomic E-state index is 0.255. The van der Waals surface area contributed by atoms with Gasteiger partial charge >= 0.3 is 0 Å². The molecule has 0 unspecified atom stereocenters. The molecule has 3 aromatic rings. The lowest BCUT2D eigenvalue weighted by Crippen LogP contribution is -2.45. The van der Waals surface area contributed by atoms with Gasteiger partial charge in [-0.15, -0.1) is 11.3 Å². The third-order valence-electron chi connectivity index (χ3n) is 5.20. The van der Waals surface area contributed by atoms with E-state index in [-0.39, 0.29) is 10.1 Å². The number of amides is 1. The summed E-state index contributed by atoms with van der Waals surface area (Å²) < 4.78 is 33.0. The Morgan fingerprint density at radius 2 is 1.77 bits per heavy atom. The summed E-state index contributed by atoms with van der Waals surface area (Å²) in [6.07, 6.45) is 1.21. The molecular weight excluding hydrogens is 432 g/mol. The first kappa shape index (κ1) is 21.5. The minimum atomic E-state index is -3.63. The largest absolute Gasteiger partial charge is 0.489 e. The highest BCUT2D eigenvalue weighted by Gasteiger charge is 2.39. The second-order valence-electron chi connectivity index (χ2n) is 7.34. The fraction of sp³-hybridized carbons (Fsp3) is 0.261. The van der Waals surface area contributed by atoms with Crippen LogP contribution in [0.2, 0.25) is 0 Å². The molecule has 0 bridgehead atoms. The van der Waals surface area contributed by atoms with Crippen LogP contribution in [0.1, 0.15) is 24.0 Å². The maximum Gasteiger partial charge on any atom is 0.253 e. The molecule has 1 fully saturated rings. The third-order valence-corrected chi connectivity index (χ3v) is 8.48. The van der Waals surface area contributed by atoms with E-state index in [9.17, 15) is 13.2 Å². The van der Waals surface area contributed by atoms with Crippen LogP contribution in [0.4, 0.5) is 0 Å².